The van der Waals surface area contributed by atoms with Crippen molar-refractivity contribution in [2.45, 2.75) is 57.4 Å². The Morgan fingerprint density at radius 1 is 1.33 bits per heavy atom. The van der Waals surface area contributed by atoms with Crippen LogP contribution in [-0.2, 0) is 6.42 Å². The van der Waals surface area contributed by atoms with Gasteiger partial charge in [0.1, 0.15) is 5.75 Å². The van der Waals surface area contributed by atoms with Crippen LogP contribution in [0.25, 0.3) is 0 Å². The number of ether oxygens (including phenoxy) is 1. The lowest BCUT2D eigenvalue weighted by atomic mass is 9.65. The molecule has 0 aromatic heterocycles. The first kappa shape index (κ1) is 13.6. The van der Waals surface area contributed by atoms with Gasteiger partial charge in [-0.25, -0.2) is 0 Å². The standard InChI is InChI=1S/C19H29NO/c1-4-11-20(2)19-12-14-9-10-15(21-3)13-18(14)16-7-5-6-8-17(16)19/h9-10,13,16-17,19H,4-8,11-12H2,1-3H3/t16?,17?,19-/m0/s1/i2D. The second-order valence-corrected chi connectivity index (χ2v) is 6.70. The Kier molecular flexibility index (Phi) is 4.15. The molecular weight excluding hydrogens is 258 g/mol. The molecule has 0 heterocycles. The molecule has 3 rings (SSSR count). The highest BCUT2D eigenvalue weighted by Gasteiger charge is 2.39. The van der Waals surface area contributed by atoms with Crippen LogP contribution in [0.15, 0.2) is 18.2 Å². The highest BCUT2D eigenvalue weighted by Crippen LogP contribution is 2.47. The summed E-state index contributed by atoms with van der Waals surface area (Å²) in [4.78, 5) is 2.41. The molecule has 3 atom stereocenters. The van der Waals surface area contributed by atoms with E-state index in [9.17, 15) is 0 Å². The maximum atomic E-state index is 7.96. The minimum atomic E-state index is 0.438. The molecule has 0 bridgehead atoms. The van der Waals surface area contributed by atoms with Crippen molar-refractivity contribution in [2.75, 3.05) is 20.7 Å². The molecule has 21 heavy (non-hydrogen) atoms. The van der Waals surface area contributed by atoms with Gasteiger partial charge in [0.25, 0.3) is 0 Å². The van der Waals surface area contributed by atoms with Gasteiger partial charge in [-0.2, -0.15) is 0 Å². The van der Waals surface area contributed by atoms with Crippen molar-refractivity contribution in [3.8, 4) is 5.75 Å². The van der Waals surface area contributed by atoms with Gasteiger partial charge >= 0.3 is 0 Å². The maximum Gasteiger partial charge on any atom is 0.119 e. The van der Waals surface area contributed by atoms with Gasteiger partial charge in [0, 0.05) is 7.41 Å². The van der Waals surface area contributed by atoms with Crippen molar-refractivity contribution in [1.82, 2.24) is 4.90 Å². The minimum Gasteiger partial charge on any atom is -0.497 e. The van der Waals surface area contributed by atoms with E-state index in [2.05, 4.69) is 30.0 Å². The zero-order valence-electron chi connectivity index (χ0n) is 14.5. The Bertz CT molecular complexity index is 504. The molecule has 2 aliphatic rings. The molecule has 0 N–H and O–H groups in total. The van der Waals surface area contributed by atoms with E-state index in [4.69, 9.17) is 6.11 Å². The van der Waals surface area contributed by atoms with E-state index < -0.39 is 0 Å². The summed E-state index contributed by atoms with van der Waals surface area (Å²) in [6.45, 7) is 3.28. The number of fused-ring (bicyclic) bond motifs is 3. The van der Waals surface area contributed by atoms with Crippen LogP contribution >= 0.6 is 0 Å². The van der Waals surface area contributed by atoms with Crippen LogP contribution in [0.3, 0.4) is 0 Å². The highest BCUT2D eigenvalue weighted by atomic mass is 16.5. The van der Waals surface area contributed by atoms with E-state index in [-0.39, 0.29) is 0 Å². The number of benzene rings is 1. The van der Waals surface area contributed by atoms with Crippen molar-refractivity contribution < 1.29 is 6.11 Å². The molecule has 0 spiro atoms. The smallest absolute Gasteiger partial charge is 0.119 e. The third kappa shape index (κ3) is 2.83. The summed E-state index contributed by atoms with van der Waals surface area (Å²) < 4.78 is 13.4. The molecule has 0 aliphatic heterocycles. The molecule has 0 saturated heterocycles. The molecule has 2 heteroatoms. The van der Waals surface area contributed by atoms with Crippen LogP contribution in [0.1, 0.15) is 57.4 Å². The monoisotopic (exact) mass is 288 g/mol. The Hall–Kier alpha value is -1.02. The number of methoxy groups -OCH3 is 1. The van der Waals surface area contributed by atoms with E-state index >= 15 is 0 Å². The first-order valence-electron chi connectivity index (χ1n) is 9.19. The van der Waals surface area contributed by atoms with Gasteiger partial charge in [-0.1, -0.05) is 25.8 Å². The summed E-state index contributed by atoms with van der Waals surface area (Å²) in [5.41, 5.74) is 3.02. The van der Waals surface area contributed by atoms with Gasteiger partial charge in [-0.05, 0) is 74.3 Å². The van der Waals surface area contributed by atoms with Gasteiger partial charge < -0.3 is 9.64 Å². The molecule has 116 valence electrons. The average molecular weight is 288 g/mol. The fraction of sp³-hybridized carbons (Fsp3) is 0.684. The fourth-order valence-corrected chi connectivity index (χ4v) is 4.47. The van der Waals surface area contributed by atoms with Crippen molar-refractivity contribution in [3.05, 3.63) is 29.3 Å². The molecule has 1 aromatic carbocycles. The topological polar surface area (TPSA) is 12.5 Å². The summed E-state index contributed by atoms with van der Waals surface area (Å²) in [6.07, 6.45) is 7.58. The molecule has 0 radical (unpaired) electrons. The van der Waals surface area contributed by atoms with E-state index in [1.807, 2.05) is 0 Å². The van der Waals surface area contributed by atoms with E-state index in [1.54, 1.807) is 7.11 Å². The number of nitrogens with zero attached hydrogens (tertiary/aromatic N) is 1. The largest absolute Gasteiger partial charge is 0.497 e. The first-order chi connectivity index (χ1) is 10.8. The summed E-state index contributed by atoms with van der Waals surface area (Å²) in [5, 5.41) is 0. The molecule has 1 saturated carbocycles. The SMILES string of the molecule is [2H]CN(CCC)[C@H]1Cc2ccc(OC)cc2C2CCCCC21. The summed E-state index contributed by atoms with van der Waals surface area (Å²) in [5.74, 6) is 2.39. The van der Waals surface area contributed by atoms with Crippen LogP contribution in [0, 0.1) is 5.92 Å². The molecule has 2 nitrogen and oxygen atoms in total. The lowest BCUT2D eigenvalue weighted by Crippen LogP contribution is -2.46. The molecule has 1 fully saturated rings. The van der Waals surface area contributed by atoms with E-state index in [0.717, 1.165) is 31.1 Å². The second-order valence-electron chi connectivity index (χ2n) is 6.70. The first-order valence-corrected chi connectivity index (χ1v) is 8.48. The van der Waals surface area contributed by atoms with E-state index in [1.165, 1.54) is 36.8 Å². The number of rotatable bonds is 4. The highest BCUT2D eigenvalue weighted by molar-refractivity contribution is 5.41. The molecular formula is C19H29NO. The van der Waals surface area contributed by atoms with Crippen LogP contribution in [0.2, 0.25) is 0 Å². The Balaban J connectivity index is 1.94. The normalized spacial score (nSPS) is 28.7. The van der Waals surface area contributed by atoms with Gasteiger partial charge in [0.2, 0.25) is 0 Å². The Morgan fingerprint density at radius 3 is 2.95 bits per heavy atom. The summed E-state index contributed by atoms with van der Waals surface area (Å²) in [6, 6.07) is 7.20. The lowest BCUT2D eigenvalue weighted by Gasteiger charge is -2.46. The van der Waals surface area contributed by atoms with Crippen molar-refractivity contribution in [1.29, 1.82) is 0 Å². The number of hydrogen-bond donors (Lipinski definition) is 0. The fourth-order valence-electron chi connectivity index (χ4n) is 4.47. The third-order valence-corrected chi connectivity index (χ3v) is 5.48. The Morgan fingerprint density at radius 2 is 2.19 bits per heavy atom. The molecule has 1 aromatic rings. The van der Waals surface area contributed by atoms with Crippen molar-refractivity contribution in [2.24, 2.45) is 5.92 Å². The van der Waals surface area contributed by atoms with Gasteiger partial charge in [-0.15, -0.1) is 0 Å². The van der Waals surface area contributed by atoms with Crippen LogP contribution < -0.4 is 4.74 Å². The maximum absolute atomic E-state index is 7.96. The number of hydrogen-bond acceptors (Lipinski definition) is 2. The second kappa shape index (κ2) is 6.39. The van der Waals surface area contributed by atoms with Gasteiger partial charge in [0.05, 0.1) is 7.11 Å². The molecule has 2 aliphatic carbocycles. The van der Waals surface area contributed by atoms with Crippen molar-refractivity contribution >= 4 is 0 Å². The van der Waals surface area contributed by atoms with Crippen LogP contribution in [-0.4, -0.2) is 31.6 Å². The molecule has 2 unspecified atom stereocenters. The van der Waals surface area contributed by atoms with Crippen LogP contribution in [0.4, 0.5) is 0 Å². The summed E-state index contributed by atoms with van der Waals surface area (Å²) >= 11 is 0. The predicted molar refractivity (Wildman–Crippen MR) is 88.1 cm³/mol. The minimum absolute atomic E-state index is 0.438. The quantitative estimate of drug-likeness (QED) is 0.822. The number of likely N-dealkylation sites (N-methyl/N-ethyl adjacent to an activating group) is 1. The van der Waals surface area contributed by atoms with Gasteiger partial charge in [-0.3, -0.25) is 0 Å². The van der Waals surface area contributed by atoms with Crippen molar-refractivity contribution in [3.63, 3.8) is 0 Å². The summed E-state index contributed by atoms with van der Waals surface area (Å²) in [7, 11) is 2.20. The van der Waals surface area contributed by atoms with Gasteiger partial charge in [0.15, 0.2) is 0 Å². The van der Waals surface area contributed by atoms with Crippen LogP contribution in [0.5, 0.6) is 5.75 Å². The lowest BCUT2D eigenvalue weighted by molar-refractivity contribution is 0.115. The third-order valence-electron chi connectivity index (χ3n) is 5.48. The average Bonchev–Trinajstić information content (AvgIpc) is 2.58. The zero-order chi connectivity index (χ0) is 15.5. The van der Waals surface area contributed by atoms with E-state index in [0.29, 0.717) is 19.0 Å². The molecule has 0 amide bonds. The Labute approximate surface area is 130 Å². The zero-order valence-corrected chi connectivity index (χ0v) is 13.5. The predicted octanol–water partition coefficient (Wildman–Crippen LogP) is 4.24.